The van der Waals surface area contributed by atoms with E-state index in [9.17, 15) is 0 Å². The summed E-state index contributed by atoms with van der Waals surface area (Å²) >= 11 is 0. The third kappa shape index (κ3) is 5.28. The van der Waals surface area contributed by atoms with Gasteiger partial charge in [-0.15, -0.1) is 0 Å². The Morgan fingerprint density at radius 1 is 0.327 bits per heavy atom. The molecular formula is C52H33N3. The van der Waals surface area contributed by atoms with Crippen molar-refractivity contribution >= 4 is 54.3 Å². The SMILES string of the molecule is c1ccc(-n2c(-c3ccc(-c4cc(-c5ccc6ccccc6c5)nc5ccc(-c6cc7ccccc7c7ccccc67)cc45)cc3)nc3ccccc32)cc1. The van der Waals surface area contributed by atoms with E-state index in [1.807, 2.05) is 6.07 Å². The van der Waals surface area contributed by atoms with E-state index < -0.39 is 0 Å². The molecule has 3 nitrogen and oxygen atoms in total. The Hall–Kier alpha value is -7.36. The van der Waals surface area contributed by atoms with Crippen molar-refractivity contribution in [3.63, 3.8) is 0 Å². The first-order valence-electron chi connectivity index (χ1n) is 18.7. The maximum Gasteiger partial charge on any atom is 0.145 e. The third-order valence-electron chi connectivity index (χ3n) is 11.0. The minimum atomic E-state index is 0.917. The first kappa shape index (κ1) is 31.2. The van der Waals surface area contributed by atoms with Crippen LogP contribution in [-0.4, -0.2) is 14.5 Å². The van der Waals surface area contributed by atoms with Crippen LogP contribution in [0.4, 0.5) is 0 Å². The Balaban J connectivity index is 1.11. The van der Waals surface area contributed by atoms with Gasteiger partial charge in [0.1, 0.15) is 5.82 Å². The molecule has 3 heteroatoms. The zero-order valence-electron chi connectivity index (χ0n) is 29.9. The molecule has 0 unspecified atom stereocenters. The Labute approximate surface area is 318 Å². The number of hydrogen-bond donors (Lipinski definition) is 0. The number of aromatic nitrogens is 3. The van der Waals surface area contributed by atoms with Crippen molar-refractivity contribution < 1.29 is 0 Å². The first-order chi connectivity index (χ1) is 27.2. The predicted octanol–water partition coefficient (Wildman–Crippen LogP) is 13.7. The first-order valence-corrected chi connectivity index (χ1v) is 18.7. The lowest BCUT2D eigenvalue weighted by molar-refractivity contribution is 1.10. The molecule has 0 fully saturated rings. The van der Waals surface area contributed by atoms with Crippen LogP contribution in [-0.2, 0) is 0 Å². The molecular weight excluding hydrogens is 667 g/mol. The molecule has 0 aliphatic heterocycles. The van der Waals surface area contributed by atoms with E-state index in [2.05, 4.69) is 199 Å². The van der Waals surface area contributed by atoms with Crippen LogP contribution in [0.2, 0.25) is 0 Å². The average Bonchev–Trinajstić information content (AvgIpc) is 3.65. The van der Waals surface area contributed by atoms with Gasteiger partial charge < -0.3 is 0 Å². The number of fused-ring (bicyclic) bond motifs is 6. The maximum absolute atomic E-state index is 5.31. The summed E-state index contributed by atoms with van der Waals surface area (Å²) in [7, 11) is 0. The van der Waals surface area contributed by atoms with Gasteiger partial charge in [0.2, 0.25) is 0 Å². The van der Waals surface area contributed by atoms with Crippen LogP contribution < -0.4 is 0 Å². The van der Waals surface area contributed by atoms with Gasteiger partial charge in [0.25, 0.3) is 0 Å². The van der Waals surface area contributed by atoms with Crippen LogP contribution >= 0.6 is 0 Å². The Morgan fingerprint density at radius 3 is 1.82 bits per heavy atom. The van der Waals surface area contributed by atoms with E-state index >= 15 is 0 Å². The Morgan fingerprint density at radius 2 is 0.964 bits per heavy atom. The second kappa shape index (κ2) is 12.6. The summed E-state index contributed by atoms with van der Waals surface area (Å²) < 4.78 is 2.25. The number of rotatable bonds is 5. The van der Waals surface area contributed by atoms with Crippen LogP contribution in [0.15, 0.2) is 200 Å². The van der Waals surface area contributed by atoms with Crippen LogP contribution in [0.25, 0.3) is 105 Å². The molecule has 0 aliphatic carbocycles. The van der Waals surface area contributed by atoms with Gasteiger partial charge in [-0.25, -0.2) is 9.97 Å². The van der Waals surface area contributed by atoms with E-state index in [1.54, 1.807) is 0 Å². The molecule has 0 radical (unpaired) electrons. The summed E-state index contributed by atoms with van der Waals surface area (Å²) in [5.41, 5.74) is 11.9. The second-order valence-corrected chi connectivity index (χ2v) is 14.2. The lowest BCUT2D eigenvalue weighted by Crippen LogP contribution is -1.97. The average molecular weight is 700 g/mol. The van der Waals surface area contributed by atoms with Crippen molar-refractivity contribution in [3.05, 3.63) is 200 Å². The van der Waals surface area contributed by atoms with Gasteiger partial charge in [-0.3, -0.25) is 4.57 Å². The highest BCUT2D eigenvalue weighted by Gasteiger charge is 2.17. The molecule has 0 atom stereocenters. The van der Waals surface area contributed by atoms with Crippen LogP contribution in [0.1, 0.15) is 0 Å². The van der Waals surface area contributed by atoms with Crippen molar-refractivity contribution in [1.29, 1.82) is 0 Å². The fourth-order valence-corrected chi connectivity index (χ4v) is 8.28. The van der Waals surface area contributed by atoms with Crippen molar-refractivity contribution in [3.8, 4) is 50.6 Å². The number of hydrogen-bond acceptors (Lipinski definition) is 2. The zero-order chi connectivity index (χ0) is 36.3. The lowest BCUT2D eigenvalue weighted by Gasteiger charge is -2.15. The van der Waals surface area contributed by atoms with Crippen molar-refractivity contribution in [2.24, 2.45) is 0 Å². The largest absolute Gasteiger partial charge is 0.292 e. The van der Waals surface area contributed by atoms with Gasteiger partial charge in [-0.05, 0) is 109 Å². The van der Waals surface area contributed by atoms with E-state index in [4.69, 9.17) is 9.97 Å². The summed E-state index contributed by atoms with van der Waals surface area (Å²) in [6.07, 6.45) is 0. The smallest absolute Gasteiger partial charge is 0.145 e. The molecule has 0 aliphatic rings. The molecule has 0 N–H and O–H groups in total. The number of imidazole rings is 1. The number of nitrogens with zero attached hydrogens (tertiary/aromatic N) is 3. The minimum absolute atomic E-state index is 0.917. The molecule has 0 spiro atoms. The minimum Gasteiger partial charge on any atom is -0.292 e. The highest BCUT2D eigenvalue weighted by Crippen LogP contribution is 2.40. The van der Waals surface area contributed by atoms with Crippen LogP contribution in [0.3, 0.4) is 0 Å². The third-order valence-corrected chi connectivity index (χ3v) is 11.0. The lowest BCUT2D eigenvalue weighted by atomic mass is 9.91. The predicted molar refractivity (Wildman–Crippen MR) is 231 cm³/mol. The highest BCUT2D eigenvalue weighted by atomic mass is 15.1. The summed E-state index contributed by atoms with van der Waals surface area (Å²) in [5, 5.41) is 8.54. The van der Waals surface area contributed by atoms with Crippen molar-refractivity contribution in [1.82, 2.24) is 14.5 Å². The summed E-state index contributed by atoms with van der Waals surface area (Å²) in [5.74, 6) is 0.917. The van der Waals surface area contributed by atoms with Crippen molar-refractivity contribution in [2.75, 3.05) is 0 Å². The normalized spacial score (nSPS) is 11.6. The maximum atomic E-state index is 5.31. The van der Waals surface area contributed by atoms with Gasteiger partial charge in [-0.2, -0.15) is 0 Å². The quantitative estimate of drug-likeness (QED) is 0.167. The molecule has 11 rings (SSSR count). The molecule has 9 aromatic carbocycles. The fourth-order valence-electron chi connectivity index (χ4n) is 8.28. The molecule has 0 bridgehead atoms. The molecule has 55 heavy (non-hydrogen) atoms. The van der Waals surface area contributed by atoms with E-state index in [0.29, 0.717) is 0 Å². The molecule has 0 saturated heterocycles. The number of pyridine rings is 1. The monoisotopic (exact) mass is 699 g/mol. The van der Waals surface area contributed by atoms with Crippen molar-refractivity contribution in [2.45, 2.75) is 0 Å². The topological polar surface area (TPSA) is 30.7 Å². The molecule has 2 heterocycles. The number of para-hydroxylation sites is 3. The summed E-state index contributed by atoms with van der Waals surface area (Å²) in [6.45, 7) is 0. The zero-order valence-corrected chi connectivity index (χ0v) is 29.9. The van der Waals surface area contributed by atoms with E-state index in [0.717, 1.165) is 61.4 Å². The summed E-state index contributed by atoms with van der Waals surface area (Å²) in [6, 6.07) is 71.6. The van der Waals surface area contributed by atoms with E-state index in [1.165, 1.54) is 43.4 Å². The molecule has 256 valence electrons. The van der Waals surface area contributed by atoms with E-state index in [-0.39, 0.29) is 0 Å². The Bertz CT molecular complexity index is 3250. The standard InChI is InChI=1S/C52H33N3/c1-2-15-41(16-3-1)55-51-21-11-10-20-49(51)54-52(55)36-25-23-35(24-26-36)46-33-50(40-27-22-34-12-4-5-13-37(34)30-40)53-48-29-28-39(32-47(46)48)45-31-38-14-6-7-17-42(38)43-18-8-9-19-44(43)45/h1-33H. The number of benzene rings is 9. The van der Waals surface area contributed by atoms with Crippen LogP contribution in [0.5, 0.6) is 0 Å². The molecule has 11 aromatic rings. The van der Waals surface area contributed by atoms with Gasteiger partial charge in [0.15, 0.2) is 0 Å². The molecule has 0 saturated carbocycles. The van der Waals surface area contributed by atoms with Gasteiger partial charge in [-0.1, -0.05) is 146 Å². The molecule has 2 aromatic heterocycles. The second-order valence-electron chi connectivity index (χ2n) is 14.2. The fraction of sp³-hybridized carbons (Fsp3) is 0. The summed E-state index contributed by atoms with van der Waals surface area (Å²) in [4.78, 5) is 10.4. The molecule has 0 amide bonds. The Kier molecular flexibility index (Phi) is 7.17. The highest BCUT2D eigenvalue weighted by molar-refractivity contribution is 6.14. The van der Waals surface area contributed by atoms with Gasteiger partial charge >= 0.3 is 0 Å². The van der Waals surface area contributed by atoms with Gasteiger partial charge in [0.05, 0.1) is 22.2 Å². The van der Waals surface area contributed by atoms with Crippen LogP contribution in [0, 0.1) is 0 Å². The van der Waals surface area contributed by atoms with Gasteiger partial charge in [0, 0.05) is 22.2 Å².